The van der Waals surface area contributed by atoms with Gasteiger partial charge < -0.3 is 10.2 Å². The summed E-state index contributed by atoms with van der Waals surface area (Å²) in [5, 5.41) is 20.6. The van der Waals surface area contributed by atoms with E-state index in [1.165, 1.54) is 49.7 Å². The van der Waals surface area contributed by atoms with Crippen molar-refractivity contribution < 1.29 is 10.2 Å². The number of fused-ring (bicyclic) bond motifs is 1. The van der Waals surface area contributed by atoms with Gasteiger partial charge in [0.15, 0.2) is 0 Å². The number of hydrogen-bond donors (Lipinski definition) is 2. The Balaban J connectivity index is 1.68. The maximum Gasteiger partial charge on any atom is 0.0617 e. The average Bonchev–Trinajstić information content (AvgIpc) is 3.07. The molecule has 3 aliphatic rings. The van der Waals surface area contributed by atoms with Crippen molar-refractivity contribution in [3.63, 3.8) is 0 Å². The van der Waals surface area contributed by atoms with Crippen molar-refractivity contribution in [3.05, 3.63) is 35.5 Å². The minimum absolute atomic E-state index is 0.216. The molecule has 0 aliphatic heterocycles. The van der Waals surface area contributed by atoms with Crippen molar-refractivity contribution in [2.45, 2.75) is 117 Å². The SMILES string of the molecule is C=C1/C(=C\C=C2/CCCC3(C)C2CCC3[C@@H](C)CCCC(C)(O)CC)CC(O)C[C@H]1C. The van der Waals surface area contributed by atoms with E-state index in [1.54, 1.807) is 5.57 Å². The van der Waals surface area contributed by atoms with Gasteiger partial charge in [0.1, 0.15) is 0 Å². The van der Waals surface area contributed by atoms with E-state index in [9.17, 15) is 10.2 Å². The first kappa shape index (κ1) is 24.8. The van der Waals surface area contributed by atoms with Crippen molar-refractivity contribution >= 4 is 0 Å². The highest BCUT2D eigenvalue weighted by molar-refractivity contribution is 5.37. The van der Waals surface area contributed by atoms with Crippen molar-refractivity contribution in [1.82, 2.24) is 0 Å². The first-order valence-electron chi connectivity index (χ1n) is 13.1. The summed E-state index contributed by atoms with van der Waals surface area (Å²) in [7, 11) is 0. The highest BCUT2D eigenvalue weighted by Gasteiger charge is 2.50. The van der Waals surface area contributed by atoms with Crippen molar-refractivity contribution in [2.75, 3.05) is 0 Å². The zero-order valence-electron chi connectivity index (χ0n) is 20.9. The third-order valence-corrected chi connectivity index (χ3v) is 9.45. The van der Waals surface area contributed by atoms with E-state index in [0.29, 0.717) is 17.3 Å². The molecule has 3 saturated carbocycles. The summed E-state index contributed by atoms with van der Waals surface area (Å²) < 4.78 is 0. The zero-order valence-corrected chi connectivity index (χ0v) is 20.9. The van der Waals surface area contributed by atoms with Crippen LogP contribution >= 0.6 is 0 Å². The second-order valence-corrected chi connectivity index (χ2v) is 11.8. The molecule has 5 unspecified atom stereocenters. The standard InChI is InChI=1S/C29H48O2/c1-7-28(5,31)16-8-10-20(2)26-14-15-27-23(11-9-17-29(26,27)6)12-13-24-19-25(30)18-21(3)22(24)4/h12-13,20-21,25-27,30-31H,4,7-11,14-19H2,1-3,5-6H3/b23-12+,24-13-/t20-,21+,25?,26?,27?,28?,29?/m0/s1. The van der Waals surface area contributed by atoms with Crippen LogP contribution in [0, 0.1) is 29.1 Å². The third-order valence-electron chi connectivity index (χ3n) is 9.45. The average molecular weight is 429 g/mol. The van der Waals surface area contributed by atoms with Crippen LogP contribution in [0.4, 0.5) is 0 Å². The lowest BCUT2D eigenvalue weighted by molar-refractivity contribution is 0.0393. The van der Waals surface area contributed by atoms with Crippen LogP contribution in [0.5, 0.6) is 0 Å². The fourth-order valence-electron chi connectivity index (χ4n) is 7.11. The molecule has 0 aromatic heterocycles. The molecule has 0 aromatic carbocycles. The predicted octanol–water partition coefficient (Wildman–Crippen LogP) is 7.37. The summed E-state index contributed by atoms with van der Waals surface area (Å²) in [5.74, 6) is 2.63. The molecule has 176 valence electrons. The Morgan fingerprint density at radius 2 is 2.03 bits per heavy atom. The van der Waals surface area contributed by atoms with E-state index in [2.05, 4.69) is 46.4 Å². The molecule has 7 atom stereocenters. The van der Waals surface area contributed by atoms with Gasteiger partial charge in [-0.3, -0.25) is 0 Å². The minimum atomic E-state index is -0.496. The second kappa shape index (κ2) is 9.96. The summed E-state index contributed by atoms with van der Waals surface area (Å²) in [4.78, 5) is 0. The second-order valence-electron chi connectivity index (χ2n) is 11.8. The van der Waals surface area contributed by atoms with Gasteiger partial charge in [0.25, 0.3) is 0 Å². The van der Waals surface area contributed by atoms with Crippen LogP contribution in [0.25, 0.3) is 0 Å². The molecular formula is C29H48O2. The Bertz CT molecular complexity index is 700. The first-order valence-corrected chi connectivity index (χ1v) is 13.1. The smallest absolute Gasteiger partial charge is 0.0617 e. The van der Waals surface area contributed by atoms with Gasteiger partial charge in [0.05, 0.1) is 11.7 Å². The van der Waals surface area contributed by atoms with Crippen molar-refractivity contribution in [3.8, 4) is 0 Å². The Morgan fingerprint density at radius 3 is 2.74 bits per heavy atom. The summed E-state index contributed by atoms with van der Waals surface area (Å²) >= 11 is 0. The number of aliphatic hydroxyl groups excluding tert-OH is 1. The number of rotatable bonds is 7. The van der Waals surface area contributed by atoms with Crippen molar-refractivity contribution in [2.24, 2.45) is 29.1 Å². The molecule has 0 radical (unpaired) electrons. The van der Waals surface area contributed by atoms with E-state index >= 15 is 0 Å². The summed E-state index contributed by atoms with van der Waals surface area (Å²) in [5.41, 5.74) is 4.06. The molecule has 0 aromatic rings. The van der Waals surface area contributed by atoms with Crippen LogP contribution in [0.15, 0.2) is 35.5 Å². The molecule has 3 aliphatic carbocycles. The lowest BCUT2D eigenvalue weighted by Crippen LogP contribution is -2.36. The monoisotopic (exact) mass is 428 g/mol. The molecule has 0 spiro atoms. The highest BCUT2D eigenvalue weighted by atomic mass is 16.3. The van der Waals surface area contributed by atoms with E-state index in [1.807, 2.05) is 6.92 Å². The Hall–Kier alpha value is -0.860. The Kier molecular flexibility index (Phi) is 7.96. The Morgan fingerprint density at radius 1 is 1.29 bits per heavy atom. The van der Waals surface area contributed by atoms with Crippen LogP contribution < -0.4 is 0 Å². The first-order chi connectivity index (χ1) is 14.6. The molecule has 3 rings (SSSR count). The van der Waals surface area contributed by atoms with Gasteiger partial charge in [0, 0.05) is 0 Å². The number of aliphatic hydroxyl groups is 2. The molecular weight excluding hydrogens is 380 g/mol. The van der Waals surface area contributed by atoms with Gasteiger partial charge >= 0.3 is 0 Å². The highest BCUT2D eigenvalue weighted by Crippen LogP contribution is 2.60. The lowest BCUT2D eigenvalue weighted by Gasteiger charge is -2.44. The molecule has 0 amide bonds. The van der Waals surface area contributed by atoms with Gasteiger partial charge in [-0.05, 0) is 105 Å². The summed E-state index contributed by atoms with van der Waals surface area (Å²) in [6.45, 7) is 15.6. The molecule has 0 heterocycles. The molecule has 0 saturated heterocycles. The fourth-order valence-corrected chi connectivity index (χ4v) is 7.11. The normalized spacial score (nSPS) is 39.5. The Labute approximate surface area is 191 Å². The van der Waals surface area contributed by atoms with Crippen LogP contribution in [-0.2, 0) is 0 Å². The van der Waals surface area contributed by atoms with Gasteiger partial charge in [0.2, 0.25) is 0 Å². The van der Waals surface area contributed by atoms with Crippen LogP contribution in [0.3, 0.4) is 0 Å². The maximum absolute atomic E-state index is 10.4. The molecule has 0 bridgehead atoms. The minimum Gasteiger partial charge on any atom is -0.393 e. The zero-order chi connectivity index (χ0) is 22.8. The van der Waals surface area contributed by atoms with Crippen molar-refractivity contribution in [1.29, 1.82) is 0 Å². The van der Waals surface area contributed by atoms with Crippen LogP contribution in [0.2, 0.25) is 0 Å². The molecule has 2 nitrogen and oxygen atoms in total. The van der Waals surface area contributed by atoms with Gasteiger partial charge in [-0.2, -0.15) is 0 Å². The van der Waals surface area contributed by atoms with Crippen LogP contribution in [-0.4, -0.2) is 21.9 Å². The molecule has 2 N–H and O–H groups in total. The molecule has 31 heavy (non-hydrogen) atoms. The summed E-state index contributed by atoms with van der Waals surface area (Å²) in [6, 6.07) is 0. The van der Waals surface area contributed by atoms with Gasteiger partial charge in [-0.15, -0.1) is 0 Å². The van der Waals surface area contributed by atoms with Gasteiger partial charge in [-0.25, -0.2) is 0 Å². The van der Waals surface area contributed by atoms with Gasteiger partial charge in [-0.1, -0.05) is 64.8 Å². The van der Waals surface area contributed by atoms with E-state index in [0.717, 1.165) is 43.9 Å². The van der Waals surface area contributed by atoms with E-state index in [4.69, 9.17) is 0 Å². The maximum atomic E-state index is 10.4. The lowest BCUT2D eigenvalue weighted by atomic mass is 9.60. The predicted molar refractivity (Wildman–Crippen MR) is 132 cm³/mol. The quantitative estimate of drug-likeness (QED) is 0.444. The summed E-state index contributed by atoms with van der Waals surface area (Å²) in [6.07, 6.45) is 16.8. The third kappa shape index (κ3) is 5.56. The fraction of sp³-hybridized carbons (Fsp3) is 0.793. The number of hydrogen-bond acceptors (Lipinski definition) is 2. The topological polar surface area (TPSA) is 40.5 Å². The molecule has 3 fully saturated rings. The number of allylic oxidation sites excluding steroid dienone is 4. The largest absolute Gasteiger partial charge is 0.393 e. The van der Waals surface area contributed by atoms with Crippen LogP contribution in [0.1, 0.15) is 105 Å². The molecule has 2 heteroatoms. The van der Waals surface area contributed by atoms with E-state index in [-0.39, 0.29) is 6.10 Å². The van der Waals surface area contributed by atoms with E-state index < -0.39 is 5.60 Å².